The average molecular weight is 1080 g/mol. The number of hydrogen-bond donors (Lipinski definition) is 1. The van der Waals surface area contributed by atoms with Gasteiger partial charge in [-0.05, 0) is 103 Å². The number of carbonyl (C=O) groups excluding carboxylic acids is 2. The number of aliphatic hydroxyl groups excluding tert-OH is 1. The van der Waals surface area contributed by atoms with Crippen molar-refractivity contribution in [3.05, 3.63) is 109 Å². The van der Waals surface area contributed by atoms with Crippen molar-refractivity contribution in [2.24, 2.45) is 0 Å². The number of ether oxygens (including phenoxy) is 2. The van der Waals surface area contributed by atoms with Crippen LogP contribution in [-0.2, 0) is 19.1 Å². The fraction of sp³-hybridized carbons (Fsp3) is 0.726. The number of esters is 2. The first kappa shape index (κ1) is 74.6. The molecule has 0 heterocycles. The minimum atomic E-state index is -0.790. The van der Waals surface area contributed by atoms with Crippen LogP contribution in [0.2, 0.25) is 0 Å². The number of allylic oxidation sites excluding steroid dienone is 18. The van der Waals surface area contributed by atoms with E-state index < -0.39 is 6.10 Å². The molecule has 0 saturated heterocycles. The van der Waals surface area contributed by atoms with E-state index in [0.29, 0.717) is 12.8 Å². The molecule has 5 heteroatoms. The van der Waals surface area contributed by atoms with Crippen molar-refractivity contribution in [3.8, 4) is 0 Å². The second kappa shape index (κ2) is 67.8. The lowest BCUT2D eigenvalue weighted by Crippen LogP contribution is -2.28. The predicted molar refractivity (Wildman–Crippen MR) is 343 cm³/mol. The Hall–Kier alpha value is -3.44. The third-order valence-electron chi connectivity index (χ3n) is 14.6. The first-order valence-corrected chi connectivity index (χ1v) is 33.4. The molecule has 0 aliphatic rings. The van der Waals surface area contributed by atoms with Gasteiger partial charge < -0.3 is 14.6 Å². The van der Waals surface area contributed by atoms with E-state index >= 15 is 0 Å². The van der Waals surface area contributed by atoms with Crippen LogP contribution >= 0.6 is 0 Å². The fourth-order valence-electron chi connectivity index (χ4n) is 9.57. The van der Waals surface area contributed by atoms with Crippen molar-refractivity contribution in [1.29, 1.82) is 0 Å². The van der Waals surface area contributed by atoms with E-state index in [2.05, 4.69) is 123 Å². The maximum absolute atomic E-state index is 12.3. The van der Waals surface area contributed by atoms with Gasteiger partial charge in [0.1, 0.15) is 6.61 Å². The van der Waals surface area contributed by atoms with Crippen LogP contribution in [0.15, 0.2) is 109 Å². The van der Waals surface area contributed by atoms with Crippen molar-refractivity contribution in [3.63, 3.8) is 0 Å². The first-order chi connectivity index (χ1) is 38.6. The van der Waals surface area contributed by atoms with E-state index in [1.165, 1.54) is 186 Å². The van der Waals surface area contributed by atoms with Gasteiger partial charge in [0.15, 0.2) is 6.10 Å². The maximum Gasteiger partial charge on any atom is 0.306 e. The summed E-state index contributed by atoms with van der Waals surface area (Å²) in [4.78, 5) is 24.6. The summed E-state index contributed by atoms with van der Waals surface area (Å²) in [6.07, 6.45) is 98.2. The van der Waals surface area contributed by atoms with Crippen LogP contribution in [0.25, 0.3) is 0 Å². The molecule has 0 rings (SSSR count). The topological polar surface area (TPSA) is 72.8 Å². The molecule has 0 aliphatic carbocycles. The molecule has 5 nitrogen and oxygen atoms in total. The summed E-state index contributed by atoms with van der Waals surface area (Å²) >= 11 is 0. The molecule has 0 amide bonds. The Bertz CT molecular complexity index is 1510. The van der Waals surface area contributed by atoms with Gasteiger partial charge in [0.05, 0.1) is 6.61 Å². The summed E-state index contributed by atoms with van der Waals surface area (Å²) in [5.74, 6) is -0.607. The number of carbonyl (C=O) groups is 2. The van der Waals surface area contributed by atoms with Crippen molar-refractivity contribution in [2.45, 2.75) is 328 Å². The molecule has 448 valence electrons. The summed E-state index contributed by atoms with van der Waals surface area (Å²) in [7, 11) is 0. The molecule has 1 atom stereocenters. The second-order valence-electron chi connectivity index (χ2n) is 22.2. The number of aliphatic hydroxyl groups is 1. The minimum absolute atomic E-state index is 0.0769. The smallest absolute Gasteiger partial charge is 0.306 e. The third kappa shape index (κ3) is 65.1. The molecular weight excluding hydrogens is 957 g/mol. The molecule has 0 aromatic rings. The lowest BCUT2D eigenvalue weighted by Gasteiger charge is -2.15. The highest BCUT2D eigenvalue weighted by Crippen LogP contribution is 2.17. The molecule has 0 saturated carbocycles. The largest absolute Gasteiger partial charge is 0.462 e. The SMILES string of the molecule is CC/C=C\C/C=C\C/C=C\C/C=C\C/C=C\C/C=C\C/C=C\CCCCCCCC(=O)OC(CO)COC(=O)CCCCCCCCCCCCCCCCCCCCCCCCCCC/C=C\C/C=C\CCCCCCC. The lowest BCUT2D eigenvalue weighted by molar-refractivity contribution is -0.161. The first-order valence-electron chi connectivity index (χ1n) is 33.4. The Morgan fingerprint density at radius 3 is 0.833 bits per heavy atom. The molecule has 78 heavy (non-hydrogen) atoms. The van der Waals surface area contributed by atoms with Crippen molar-refractivity contribution >= 4 is 11.9 Å². The molecule has 0 fully saturated rings. The van der Waals surface area contributed by atoms with Gasteiger partial charge in [-0.3, -0.25) is 9.59 Å². The number of hydrogen-bond acceptors (Lipinski definition) is 5. The predicted octanol–water partition coefficient (Wildman–Crippen LogP) is 23.2. The van der Waals surface area contributed by atoms with Crippen LogP contribution in [0.3, 0.4) is 0 Å². The molecule has 0 radical (unpaired) electrons. The summed E-state index contributed by atoms with van der Waals surface area (Å²) in [5, 5.41) is 9.68. The zero-order valence-electron chi connectivity index (χ0n) is 51.4. The van der Waals surface area contributed by atoms with E-state index in [4.69, 9.17) is 9.47 Å². The Morgan fingerprint density at radius 1 is 0.308 bits per heavy atom. The van der Waals surface area contributed by atoms with Crippen molar-refractivity contribution in [2.75, 3.05) is 13.2 Å². The van der Waals surface area contributed by atoms with Crippen molar-refractivity contribution in [1.82, 2.24) is 0 Å². The van der Waals surface area contributed by atoms with Gasteiger partial charge in [-0.15, -0.1) is 0 Å². The monoisotopic (exact) mass is 1080 g/mol. The normalized spacial score (nSPS) is 12.9. The number of rotatable bonds is 61. The highest BCUT2D eigenvalue weighted by molar-refractivity contribution is 5.70. The quantitative estimate of drug-likeness (QED) is 0.0373. The van der Waals surface area contributed by atoms with E-state index in [1.807, 2.05) is 0 Å². The van der Waals surface area contributed by atoms with E-state index in [-0.39, 0.29) is 25.2 Å². The van der Waals surface area contributed by atoms with E-state index in [0.717, 1.165) is 109 Å². The Morgan fingerprint density at radius 2 is 0.551 bits per heavy atom. The summed E-state index contributed by atoms with van der Waals surface area (Å²) in [6.45, 7) is 4.02. The standard InChI is InChI=1S/C73H126O5/c1-3-5-7-9-11-13-15-17-19-21-23-25-27-29-31-32-33-34-35-36-37-38-39-40-42-43-45-47-49-51-53-55-57-59-61-63-65-67-72(75)77-70-71(69-74)78-73(76)68-66-64-62-60-58-56-54-52-50-48-46-44-41-30-28-26-24-22-20-18-16-14-12-10-8-6-4-2/h6,8,12,14-15,17-18,20-21,23-24,26,30,41,46,48,52,54,71,74H,3-5,7,9-11,13,16,19,22,25,27-29,31-40,42-45,47,49-51,53,55-70H2,1-2H3/b8-6-,14-12-,17-15-,20-18-,23-21-,26-24-,41-30-,48-46-,54-52-. The van der Waals surface area contributed by atoms with Gasteiger partial charge in [0.2, 0.25) is 0 Å². The third-order valence-corrected chi connectivity index (χ3v) is 14.6. The highest BCUT2D eigenvalue weighted by atomic mass is 16.6. The lowest BCUT2D eigenvalue weighted by atomic mass is 10.0. The second-order valence-corrected chi connectivity index (χ2v) is 22.2. The highest BCUT2D eigenvalue weighted by Gasteiger charge is 2.16. The Balaban J connectivity index is 3.48. The average Bonchev–Trinajstić information content (AvgIpc) is 3.44. The Labute approximate surface area is 484 Å². The molecule has 0 aromatic heterocycles. The van der Waals surface area contributed by atoms with Gasteiger partial charge in [-0.2, -0.15) is 0 Å². The molecule has 0 bridgehead atoms. The van der Waals surface area contributed by atoms with Gasteiger partial charge in [0, 0.05) is 12.8 Å². The maximum atomic E-state index is 12.3. The van der Waals surface area contributed by atoms with Crippen LogP contribution in [0, 0.1) is 0 Å². The molecule has 0 aromatic carbocycles. The van der Waals surface area contributed by atoms with Crippen molar-refractivity contribution < 1.29 is 24.2 Å². The van der Waals surface area contributed by atoms with Gasteiger partial charge in [0.25, 0.3) is 0 Å². The summed E-state index contributed by atoms with van der Waals surface area (Å²) in [5.41, 5.74) is 0. The molecule has 1 unspecified atom stereocenters. The van der Waals surface area contributed by atoms with Gasteiger partial charge in [-0.25, -0.2) is 0 Å². The van der Waals surface area contributed by atoms with Crippen LogP contribution in [0.1, 0.15) is 322 Å². The van der Waals surface area contributed by atoms with Crippen LogP contribution in [-0.4, -0.2) is 36.4 Å². The fourth-order valence-corrected chi connectivity index (χ4v) is 9.57. The summed E-state index contributed by atoms with van der Waals surface area (Å²) in [6, 6.07) is 0. The van der Waals surface area contributed by atoms with E-state index in [9.17, 15) is 14.7 Å². The molecule has 0 aliphatic heterocycles. The zero-order chi connectivity index (χ0) is 56.2. The zero-order valence-corrected chi connectivity index (χ0v) is 51.4. The minimum Gasteiger partial charge on any atom is -0.462 e. The van der Waals surface area contributed by atoms with E-state index in [1.54, 1.807) is 0 Å². The van der Waals surface area contributed by atoms with Crippen LogP contribution < -0.4 is 0 Å². The van der Waals surface area contributed by atoms with Crippen LogP contribution in [0.5, 0.6) is 0 Å². The molecule has 1 N–H and O–H groups in total. The molecule has 0 spiro atoms. The van der Waals surface area contributed by atoms with Crippen LogP contribution in [0.4, 0.5) is 0 Å². The Kier molecular flexibility index (Phi) is 64.8. The van der Waals surface area contributed by atoms with Gasteiger partial charge >= 0.3 is 11.9 Å². The number of unbranched alkanes of at least 4 members (excludes halogenated alkanes) is 35. The van der Waals surface area contributed by atoms with Gasteiger partial charge in [-0.1, -0.05) is 316 Å². The molecular formula is C73H126O5. The summed E-state index contributed by atoms with van der Waals surface area (Å²) < 4.78 is 10.7.